The van der Waals surface area contributed by atoms with Crippen molar-refractivity contribution in [3.05, 3.63) is 194 Å². The monoisotopic (exact) mass is 1030 g/mol. The van der Waals surface area contributed by atoms with Crippen LogP contribution in [0.3, 0.4) is 0 Å². The molecule has 6 nitrogen and oxygen atoms in total. The second-order valence-electron chi connectivity index (χ2n) is 13.2. The third kappa shape index (κ3) is 11.9. The first kappa shape index (κ1) is 49.2. The SMILES string of the molecule is O=S(=O)([O-])C(F)(F)F.O=S(=O)([O-])C(F)(F)F.[Pd+2].c1ccc(P(c2ccccc2)c2ccc3ccccc3c2-c2c(P(c3ccccc3)c3ccccc3)ccc3ccccc23)cc1. The minimum atomic E-state index is -6.09. The van der Waals surface area contributed by atoms with Crippen LogP contribution in [0.1, 0.15) is 0 Å². The molecule has 0 unspecified atom stereocenters. The Morgan fingerprint density at radius 3 is 0.810 bits per heavy atom. The van der Waals surface area contributed by atoms with E-state index < -0.39 is 47.1 Å². The van der Waals surface area contributed by atoms with Gasteiger partial charge in [-0.1, -0.05) is 194 Å². The summed E-state index contributed by atoms with van der Waals surface area (Å²) in [6.07, 6.45) is 0. The van der Waals surface area contributed by atoms with Crippen molar-refractivity contribution >= 4 is 89.5 Å². The number of rotatable bonds is 7. The molecule has 0 bridgehead atoms. The van der Waals surface area contributed by atoms with Crippen LogP contribution in [0.25, 0.3) is 32.7 Å². The molecule has 8 rings (SSSR count). The van der Waals surface area contributed by atoms with E-state index in [1.165, 1.54) is 64.5 Å². The Balaban J connectivity index is 0.000000377. The zero-order valence-electron chi connectivity index (χ0n) is 32.2. The molecule has 8 aromatic carbocycles. The Hall–Kier alpha value is -4.80. The molecule has 0 amide bonds. The Kier molecular flexibility index (Phi) is 16.3. The molecule has 0 saturated carbocycles. The second kappa shape index (κ2) is 20.8. The van der Waals surface area contributed by atoms with Crippen molar-refractivity contribution < 1.29 is 72.7 Å². The molecule has 63 heavy (non-hydrogen) atoms. The van der Waals surface area contributed by atoms with Crippen LogP contribution < -0.4 is 31.8 Å². The summed E-state index contributed by atoms with van der Waals surface area (Å²) in [5.41, 5.74) is -8.59. The molecule has 0 atom stereocenters. The molecular formula is C46H32F6O6P2PdS2. The smallest absolute Gasteiger partial charge is 0.741 e. The molecule has 0 aliphatic heterocycles. The van der Waals surface area contributed by atoms with Crippen molar-refractivity contribution in [1.29, 1.82) is 0 Å². The van der Waals surface area contributed by atoms with E-state index in [2.05, 4.69) is 194 Å². The summed E-state index contributed by atoms with van der Waals surface area (Å²) in [6.45, 7) is 0. The van der Waals surface area contributed by atoms with Gasteiger partial charge < -0.3 is 9.11 Å². The first-order valence-electron chi connectivity index (χ1n) is 18.3. The van der Waals surface area contributed by atoms with Crippen LogP contribution >= 0.6 is 15.8 Å². The van der Waals surface area contributed by atoms with Gasteiger partial charge in [-0.2, -0.15) is 26.3 Å². The van der Waals surface area contributed by atoms with E-state index in [0.717, 1.165) is 0 Å². The number of hydrogen-bond acceptors (Lipinski definition) is 6. The van der Waals surface area contributed by atoms with Crippen molar-refractivity contribution in [3.8, 4) is 11.1 Å². The summed E-state index contributed by atoms with van der Waals surface area (Å²) in [6, 6.07) is 71.8. The van der Waals surface area contributed by atoms with Gasteiger partial charge in [-0.15, -0.1) is 0 Å². The molecule has 0 aliphatic carbocycles. The van der Waals surface area contributed by atoms with Crippen LogP contribution in [0.4, 0.5) is 26.3 Å². The van der Waals surface area contributed by atoms with Crippen molar-refractivity contribution in [1.82, 2.24) is 0 Å². The first-order valence-corrected chi connectivity index (χ1v) is 23.8. The molecule has 0 radical (unpaired) electrons. The van der Waals surface area contributed by atoms with Gasteiger partial charge in [0.1, 0.15) is 0 Å². The molecule has 0 aliphatic rings. The fourth-order valence-electron chi connectivity index (χ4n) is 6.58. The molecule has 17 heteroatoms. The maximum absolute atomic E-state index is 10.7. The Bertz CT molecular complexity index is 2720. The average Bonchev–Trinajstić information content (AvgIpc) is 3.24. The summed E-state index contributed by atoms with van der Waals surface area (Å²) in [4.78, 5) is 0. The number of halogens is 6. The zero-order valence-corrected chi connectivity index (χ0v) is 37.2. The van der Waals surface area contributed by atoms with Crippen LogP contribution in [-0.4, -0.2) is 37.0 Å². The van der Waals surface area contributed by atoms with Crippen LogP contribution in [0.15, 0.2) is 194 Å². The van der Waals surface area contributed by atoms with Crippen molar-refractivity contribution in [2.45, 2.75) is 11.0 Å². The normalized spacial score (nSPS) is 11.9. The van der Waals surface area contributed by atoms with Crippen LogP contribution in [0, 0.1) is 0 Å². The van der Waals surface area contributed by atoms with Crippen molar-refractivity contribution in [3.63, 3.8) is 0 Å². The van der Waals surface area contributed by atoms with Crippen LogP contribution in [0.5, 0.6) is 0 Å². The molecule has 0 heterocycles. The second-order valence-corrected chi connectivity index (χ2v) is 20.3. The molecule has 8 aromatic rings. The van der Waals surface area contributed by atoms with Gasteiger partial charge in [-0.05, 0) is 80.3 Å². The topological polar surface area (TPSA) is 114 Å². The summed E-state index contributed by atoms with van der Waals surface area (Å²) in [5.74, 6) is 0. The van der Waals surface area contributed by atoms with Gasteiger partial charge in [-0.3, -0.25) is 0 Å². The van der Waals surface area contributed by atoms with Crippen molar-refractivity contribution in [2.24, 2.45) is 0 Å². The van der Waals surface area contributed by atoms with Gasteiger partial charge >= 0.3 is 31.4 Å². The summed E-state index contributed by atoms with van der Waals surface area (Å²) < 4.78 is 118. The predicted octanol–water partition coefficient (Wildman–Crippen LogP) is 9.28. The molecule has 0 spiro atoms. The van der Waals surface area contributed by atoms with Gasteiger partial charge in [0.2, 0.25) is 0 Å². The fourth-order valence-corrected chi connectivity index (χ4v) is 11.5. The van der Waals surface area contributed by atoms with Gasteiger partial charge in [0.05, 0.1) is 0 Å². The van der Waals surface area contributed by atoms with Gasteiger partial charge in [0.15, 0.2) is 20.2 Å². The van der Waals surface area contributed by atoms with Gasteiger partial charge in [-0.25, -0.2) is 16.8 Å². The number of hydrogen-bond donors (Lipinski definition) is 0. The van der Waals surface area contributed by atoms with E-state index in [1.807, 2.05) is 0 Å². The van der Waals surface area contributed by atoms with Crippen molar-refractivity contribution in [2.75, 3.05) is 0 Å². The average molecular weight is 1030 g/mol. The summed E-state index contributed by atoms with van der Waals surface area (Å²) >= 11 is 0. The zero-order chi connectivity index (χ0) is 44.7. The minimum Gasteiger partial charge on any atom is -0.741 e. The van der Waals surface area contributed by atoms with E-state index in [1.54, 1.807) is 0 Å². The maximum Gasteiger partial charge on any atom is 2.00 e. The third-order valence-corrected chi connectivity index (χ3v) is 15.3. The van der Waals surface area contributed by atoms with Gasteiger partial charge in [0.25, 0.3) is 0 Å². The molecule has 0 aromatic heterocycles. The number of benzene rings is 8. The number of fused-ring (bicyclic) bond motifs is 2. The van der Waals surface area contributed by atoms with Gasteiger partial charge in [0, 0.05) is 0 Å². The Labute approximate surface area is 376 Å². The largest absolute Gasteiger partial charge is 2.00 e. The first-order chi connectivity index (χ1) is 29.4. The van der Waals surface area contributed by atoms with E-state index in [-0.39, 0.29) is 20.4 Å². The summed E-state index contributed by atoms with van der Waals surface area (Å²) in [5, 5.41) is 13.3. The number of alkyl halides is 6. The Morgan fingerprint density at radius 2 is 0.571 bits per heavy atom. The molecular weight excluding hydrogens is 995 g/mol. The predicted molar refractivity (Wildman–Crippen MR) is 236 cm³/mol. The third-order valence-electron chi connectivity index (χ3n) is 9.17. The standard InChI is InChI=1S/C44H32P2.2CHF3O3S.Pd/c1-5-19-35(20-6-1)45(36-21-7-2-8-22-36)41-31-29-33-17-13-15-27-39(33)43(41)44-40-28-16-14-18-34(40)30-32-42(44)46(37-23-9-3-10-24-37)38-25-11-4-12-26-38;2*2-1(3,4)8(5,6)7;/h1-32H;2*(H,5,6,7);/q;;;+2/p-2. The van der Waals surface area contributed by atoms with E-state index in [4.69, 9.17) is 25.9 Å². The van der Waals surface area contributed by atoms with E-state index in [0.29, 0.717) is 0 Å². The quantitative estimate of drug-likeness (QED) is 0.0517. The molecule has 326 valence electrons. The van der Waals surface area contributed by atoms with Crippen LogP contribution in [-0.2, 0) is 40.7 Å². The maximum atomic E-state index is 10.7. The van der Waals surface area contributed by atoms with E-state index in [9.17, 15) is 26.3 Å². The van der Waals surface area contributed by atoms with Crippen LogP contribution in [0.2, 0.25) is 0 Å². The molecule has 0 N–H and O–H groups in total. The van der Waals surface area contributed by atoms with E-state index >= 15 is 0 Å². The minimum absolute atomic E-state index is 0. The fraction of sp³-hybridized carbons (Fsp3) is 0.0435. The molecule has 0 saturated heterocycles. The Morgan fingerprint density at radius 1 is 0.349 bits per heavy atom. The molecule has 0 fully saturated rings. The summed E-state index contributed by atoms with van der Waals surface area (Å²) in [7, 11) is -13.9.